The van der Waals surface area contributed by atoms with Crippen LogP contribution in [-0.2, 0) is 0 Å². The summed E-state index contributed by atoms with van der Waals surface area (Å²) in [6.07, 6.45) is 6.45. The van der Waals surface area contributed by atoms with E-state index >= 15 is 0 Å². The largest absolute Gasteiger partial charge is 0.289 e. The van der Waals surface area contributed by atoms with Crippen LogP contribution < -0.4 is 0 Å². The number of allylic oxidation sites excluding steroid dienone is 8. The monoisotopic (exact) mass is 394 g/mol. The molecule has 0 aliphatic heterocycles. The molecule has 0 fully saturated rings. The van der Waals surface area contributed by atoms with Crippen LogP contribution >= 0.6 is 0 Å². The van der Waals surface area contributed by atoms with Gasteiger partial charge in [-0.1, -0.05) is 113 Å². The zero-order chi connectivity index (χ0) is 22.3. The number of hydrogen-bond donors (Lipinski definition) is 0. The molecule has 1 aliphatic rings. The van der Waals surface area contributed by atoms with Gasteiger partial charge < -0.3 is 0 Å². The normalized spacial score (nSPS) is 12.7. The van der Waals surface area contributed by atoms with Crippen molar-refractivity contribution in [2.45, 2.75) is 13.8 Å². The highest BCUT2D eigenvalue weighted by Gasteiger charge is 2.34. The van der Waals surface area contributed by atoms with E-state index in [0.717, 1.165) is 11.1 Å². The fourth-order valence-corrected chi connectivity index (χ4v) is 3.29. The minimum Gasteiger partial charge on any atom is -0.289 e. The fraction of sp³-hybridized carbons (Fsp3) is 0.0714. The Bertz CT molecular complexity index is 1090. The Morgan fingerprint density at radius 2 is 1.47 bits per heavy atom. The fourth-order valence-electron chi connectivity index (χ4n) is 3.29. The van der Waals surface area contributed by atoms with Crippen molar-refractivity contribution in [1.29, 1.82) is 0 Å². The van der Waals surface area contributed by atoms with Gasteiger partial charge in [-0.2, -0.15) is 0 Å². The molecule has 150 valence electrons. The number of benzene rings is 2. The Hall–Kier alpha value is -3.78. The van der Waals surface area contributed by atoms with Crippen molar-refractivity contribution >= 4 is 11.6 Å². The maximum absolute atomic E-state index is 13.5. The molecule has 1 aliphatic carbocycles. The number of carbonyl (C=O) groups is 2. The van der Waals surface area contributed by atoms with E-state index in [0.29, 0.717) is 22.3 Å². The van der Waals surface area contributed by atoms with Gasteiger partial charge in [0.05, 0.1) is 0 Å². The van der Waals surface area contributed by atoms with Crippen molar-refractivity contribution in [1.82, 2.24) is 0 Å². The van der Waals surface area contributed by atoms with Crippen LogP contribution in [0.3, 0.4) is 0 Å². The van der Waals surface area contributed by atoms with Crippen LogP contribution in [-0.4, -0.2) is 11.6 Å². The number of rotatable bonds is 6. The summed E-state index contributed by atoms with van der Waals surface area (Å²) in [5.74, 6) is -0.485. The molecular formula is C28H26O2. The van der Waals surface area contributed by atoms with Gasteiger partial charge in [0, 0.05) is 22.3 Å². The van der Waals surface area contributed by atoms with Crippen molar-refractivity contribution in [2.75, 3.05) is 0 Å². The zero-order valence-corrected chi connectivity index (χ0v) is 17.6. The maximum atomic E-state index is 13.5. The highest BCUT2D eigenvalue weighted by molar-refractivity contribution is 6.31. The lowest BCUT2D eigenvalue weighted by atomic mass is 9.77. The Kier molecular flexibility index (Phi) is 7.60. The van der Waals surface area contributed by atoms with Gasteiger partial charge in [0.15, 0.2) is 11.6 Å². The number of ketones is 2. The van der Waals surface area contributed by atoms with E-state index in [1.54, 1.807) is 30.4 Å². The molecule has 2 aromatic rings. The van der Waals surface area contributed by atoms with Crippen LogP contribution in [0.25, 0.3) is 11.1 Å². The van der Waals surface area contributed by atoms with E-state index < -0.39 is 0 Å². The summed E-state index contributed by atoms with van der Waals surface area (Å²) in [7, 11) is 0. The van der Waals surface area contributed by atoms with E-state index in [4.69, 9.17) is 0 Å². The quantitative estimate of drug-likeness (QED) is 0.490. The highest BCUT2D eigenvalue weighted by atomic mass is 16.1. The van der Waals surface area contributed by atoms with Crippen LogP contribution in [0.15, 0.2) is 121 Å². The predicted octanol–water partition coefficient (Wildman–Crippen LogP) is 7.10. The smallest absolute Gasteiger partial charge is 0.195 e. The average Bonchev–Trinajstić information content (AvgIpc) is 2.80. The first kappa shape index (κ1) is 22.5. The first-order chi connectivity index (χ1) is 14.5. The minimum atomic E-state index is -0.248. The molecule has 0 unspecified atom stereocenters. The third-order valence-electron chi connectivity index (χ3n) is 4.69. The second kappa shape index (κ2) is 10.1. The molecular weight excluding hydrogens is 368 g/mol. The molecule has 0 N–H and O–H groups in total. The van der Waals surface area contributed by atoms with Crippen LogP contribution in [0, 0.1) is 0 Å². The second-order valence-corrected chi connectivity index (χ2v) is 6.34. The third-order valence-corrected chi connectivity index (χ3v) is 4.69. The lowest BCUT2D eigenvalue weighted by Gasteiger charge is -2.23. The Morgan fingerprint density at radius 3 is 2.07 bits per heavy atom. The van der Waals surface area contributed by atoms with Crippen LogP contribution in [0.5, 0.6) is 0 Å². The molecule has 2 nitrogen and oxygen atoms in total. The van der Waals surface area contributed by atoms with Gasteiger partial charge >= 0.3 is 0 Å². The molecule has 2 aromatic carbocycles. The Balaban J connectivity index is 0.00000155. The molecule has 0 atom stereocenters. The second-order valence-electron chi connectivity index (χ2n) is 6.34. The Morgan fingerprint density at radius 1 is 0.833 bits per heavy atom. The van der Waals surface area contributed by atoms with Crippen molar-refractivity contribution in [3.8, 4) is 11.1 Å². The summed E-state index contributed by atoms with van der Waals surface area (Å²) >= 11 is 0. The van der Waals surface area contributed by atoms with Crippen LogP contribution in [0.4, 0.5) is 0 Å². The molecule has 0 radical (unpaired) electrons. The van der Waals surface area contributed by atoms with Crippen molar-refractivity contribution in [3.63, 3.8) is 0 Å². The molecule has 30 heavy (non-hydrogen) atoms. The number of hydrogen-bond acceptors (Lipinski definition) is 2. The van der Waals surface area contributed by atoms with Gasteiger partial charge in [0.25, 0.3) is 0 Å². The predicted molar refractivity (Wildman–Crippen MR) is 127 cm³/mol. The van der Waals surface area contributed by atoms with Crippen molar-refractivity contribution in [3.05, 3.63) is 133 Å². The summed E-state index contributed by atoms with van der Waals surface area (Å²) < 4.78 is 0. The third kappa shape index (κ3) is 4.13. The van der Waals surface area contributed by atoms with Gasteiger partial charge in [-0.3, -0.25) is 9.59 Å². The molecule has 0 saturated heterocycles. The lowest BCUT2D eigenvalue weighted by molar-refractivity contribution is 0.0980. The van der Waals surface area contributed by atoms with E-state index in [1.807, 2.05) is 50.2 Å². The first-order valence-electron chi connectivity index (χ1n) is 9.83. The summed E-state index contributed by atoms with van der Waals surface area (Å²) in [4.78, 5) is 26.7. The molecule has 0 saturated carbocycles. The summed E-state index contributed by atoms with van der Waals surface area (Å²) in [5, 5.41) is 0. The summed E-state index contributed by atoms with van der Waals surface area (Å²) in [5.41, 5.74) is 3.80. The molecule has 0 bridgehead atoms. The van der Waals surface area contributed by atoms with E-state index in [-0.39, 0.29) is 22.7 Å². The summed E-state index contributed by atoms with van der Waals surface area (Å²) in [6, 6.07) is 14.9. The zero-order valence-electron chi connectivity index (χ0n) is 17.6. The standard InChI is InChI=1S/C26H20O2.C2H6/c1-5-7-12-17(3)18(4)23-20(6-2)25(27)22-16-11-15-21(24(22)26(23)28)19-13-9-8-10-14-19;1-2/h5-16H,1-4H2;1-2H3/b12-7-;. The molecule has 0 aromatic heterocycles. The van der Waals surface area contributed by atoms with Gasteiger partial charge in [0.1, 0.15) is 0 Å². The minimum absolute atomic E-state index is 0.237. The van der Waals surface area contributed by atoms with Gasteiger partial charge in [0.2, 0.25) is 0 Å². The molecule has 0 heterocycles. The number of fused-ring (bicyclic) bond motifs is 1. The van der Waals surface area contributed by atoms with Crippen molar-refractivity contribution < 1.29 is 9.59 Å². The van der Waals surface area contributed by atoms with E-state index in [2.05, 4.69) is 26.3 Å². The van der Waals surface area contributed by atoms with Crippen molar-refractivity contribution in [2.24, 2.45) is 0 Å². The topological polar surface area (TPSA) is 34.1 Å². The maximum Gasteiger partial charge on any atom is 0.195 e. The summed E-state index contributed by atoms with van der Waals surface area (Å²) in [6.45, 7) is 19.4. The van der Waals surface area contributed by atoms with Crippen LogP contribution in [0.1, 0.15) is 34.6 Å². The molecule has 0 spiro atoms. The molecule has 3 rings (SSSR count). The number of Topliss-reactive ketones (excluding diaryl/α,β-unsaturated/α-hetero) is 2. The first-order valence-corrected chi connectivity index (χ1v) is 9.83. The SMILES string of the molecule is C=C/C=C\C(=C)C(=C)C1=C(C=C)C(=O)c2cccc(-c3ccccc3)c2C1=O.CC. The average molecular weight is 395 g/mol. The van der Waals surface area contributed by atoms with Gasteiger partial charge in [-0.25, -0.2) is 0 Å². The molecule has 2 heteroatoms. The van der Waals surface area contributed by atoms with Crippen LogP contribution in [0.2, 0.25) is 0 Å². The van der Waals surface area contributed by atoms with Gasteiger partial charge in [-0.15, -0.1) is 0 Å². The highest BCUT2D eigenvalue weighted by Crippen LogP contribution is 2.37. The number of carbonyl (C=O) groups excluding carboxylic acids is 2. The van der Waals surface area contributed by atoms with Gasteiger partial charge in [-0.05, 0) is 22.3 Å². The van der Waals surface area contributed by atoms with E-state index in [1.165, 1.54) is 6.08 Å². The lowest BCUT2D eigenvalue weighted by Crippen LogP contribution is -2.23. The van der Waals surface area contributed by atoms with E-state index in [9.17, 15) is 9.59 Å². The molecule has 0 amide bonds. The Labute approximate surface area is 179 Å².